The molecule has 5 rings (SSSR count). The molecule has 0 bridgehead atoms. The van der Waals surface area contributed by atoms with E-state index in [-0.39, 0.29) is 5.95 Å². The van der Waals surface area contributed by atoms with Gasteiger partial charge in [0.25, 0.3) is 0 Å². The molecule has 0 amide bonds. The molecule has 0 aliphatic carbocycles. The Kier molecular flexibility index (Phi) is 5.44. The average Bonchev–Trinajstić information content (AvgIpc) is 2.84. The van der Waals surface area contributed by atoms with Crippen molar-refractivity contribution in [2.45, 2.75) is 0 Å². The Morgan fingerprint density at radius 2 is 1.31 bits per heavy atom. The van der Waals surface area contributed by atoms with Crippen LogP contribution >= 0.6 is 16.1 Å². The minimum absolute atomic E-state index is 0.225. The van der Waals surface area contributed by atoms with Crippen molar-refractivity contribution in [1.29, 1.82) is 0 Å². The Bertz CT molecular complexity index is 1360. The molecule has 0 unspecified atom stereocenters. The van der Waals surface area contributed by atoms with Crippen molar-refractivity contribution in [2.24, 2.45) is 0 Å². The van der Waals surface area contributed by atoms with Gasteiger partial charge in [-0.05, 0) is 59.7 Å². The fourth-order valence-electron chi connectivity index (χ4n) is 3.48. The number of halogens is 1. The molecule has 6 heteroatoms. The van der Waals surface area contributed by atoms with Crippen molar-refractivity contribution >= 4 is 44.5 Å². The number of anilines is 3. The van der Waals surface area contributed by atoms with Gasteiger partial charge in [-0.2, -0.15) is 4.98 Å². The maximum atomic E-state index is 5.99. The van der Waals surface area contributed by atoms with Gasteiger partial charge < -0.3 is 10.5 Å². The molecule has 5 nitrogen and oxygen atoms in total. The van der Waals surface area contributed by atoms with Crippen molar-refractivity contribution < 1.29 is 4.74 Å². The SMILES string of the molecule is Nc1nc(N(Br)c2ccccc2)c2cc(-c3ccc(Oc4ccccc4)cc3)ccc2n1. The first-order chi connectivity index (χ1) is 15.7. The van der Waals surface area contributed by atoms with Crippen molar-refractivity contribution in [1.82, 2.24) is 9.97 Å². The molecule has 0 saturated heterocycles. The first-order valence-corrected chi connectivity index (χ1v) is 10.8. The molecule has 0 radical (unpaired) electrons. The zero-order chi connectivity index (χ0) is 21.9. The van der Waals surface area contributed by atoms with E-state index in [0.29, 0.717) is 5.82 Å². The molecule has 1 heterocycles. The third-order valence-electron chi connectivity index (χ3n) is 5.03. The monoisotopic (exact) mass is 482 g/mol. The van der Waals surface area contributed by atoms with Crippen LogP contribution < -0.4 is 14.4 Å². The highest BCUT2D eigenvalue weighted by Gasteiger charge is 2.15. The third kappa shape index (κ3) is 4.13. The molecular formula is C26H19BrN4O. The summed E-state index contributed by atoms with van der Waals surface area (Å²) in [6, 6.07) is 33.7. The number of nitrogen functional groups attached to an aromatic ring is 1. The maximum absolute atomic E-state index is 5.99. The summed E-state index contributed by atoms with van der Waals surface area (Å²) in [5, 5.41) is 0.891. The fourth-order valence-corrected chi connectivity index (χ4v) is 3.99. The first kappa shape index (κ1) is 20.0. The van der Waals surface area contributed by atoms with Gasteiger partial charge in [0.05, 0.1) is 27.4 Å². The van der Waals surface area contributed by atoms with Gasteiger partial charge in [0.15, 0.2) is 5.82 Å². The molecule has 0 aliphatic rings. The molecule has 5 aromatic rings. The minimum atomic E-state index is 0.225. The zero-order valence-electron chi connectivity index (χ0n) is 17.0. The van der Waals surface area contributed by atoms with Crippen LogP contribution in [0.2, 0.25) is 0 Å². The number of ether oxygens (including phenoxy) is 1. The van der Waals surface area contributed by atoms with Gasteiger partial charge in [0, 0.05) is 5.39 Å². The molecule has 2 N–H and O–H groups in total. The molecule has 0 spiro atoms. The molecule has 0 saturated carbocycles. The summed E-state index contributed by atoms with van der Waals surface area (Å²) in [6.45, 7) is 0. The topological polar surface area (TPSA) is 64.3 Å². The van der Waals surface area contributed by atoms with Gasteiger partial charge in [-0.1, -0.05) is 54.6 Å². The fraction of sp³-hybridized carbons (Fsp3) is 0. The second-order valence-electron chi connectivity index (χ2n) is 7.19. The zero-order valence-corrected chi connectivity index (χ0v) is 18.6. The molecule has 0 fully saturated rings. The lowest BCUT2D eigenvalue weighted by Gasteiger charge is -2.18. The van der Waals surface area contributed by atoms with Crippen molar-refractivity contribution in [3.8, 4) is 22.6 Å². The lowest BCUT2D eigenvalue weighted by atomic mass is 10.0. The summed E-state index contributed by atoms with van der Waals surface area (Å²) in [6.07, 6.45) is 0. The van der Waals surface area contributed by atoms with E-state index in [1.807, 2.05) is 101 Å². The van der Waals surface area contributed by atoms with Crippen LogP contribution in [0.25, 0.3) is 22.0 Å². The number of aromatic nitrogens is 2. The van der Waals surface area contributed by atoms with Crippen molar-refractivity contribution in [2.75, 3.05) is 9.66 Å². The highest BCUT2D eigenvalue weighted by molar-refractivity contribution is 9.10. The van der Waals surface area contributed by atoms with Crippen LogP contribution in [0.1, 0.15) is 0 Å². The van der Waals surface area contributed by atoms with Gasteiger partial charge in [-0.15, -0.1) is 0 Å². The molecule has 156 valence electrons. The van der Waals surface area contributed by atoms with Crippen LogP contribution in [-0.2, 0) is 0 Å². The summed E-state index contributed by atoms with van der Waals surface area (Å²) in [7, 11) is 0. The van der Waals surface area contributed by atoms with Crippen LogP contribution in [0, 0.1) is 0 Å². The first-order valence-electron chi connectivity index (χ1n) is 10.1. The van der Waals surface area contributed by atoms with Crippen LogP contribution in [0.15, 0.2) is 103 Å². The highest BCUT2D eigenvalue weighted by atomic mass is 79.9. The second kappa shape index (κ2) is 8.69. The summed E-state index contributed by atoms with van der Waals surface area (Å²) >= 11 is 3.64. The Labute approximate surface area is 194 Å². The van der Waals surface area contributed by atoms with Crippen LogP contribution in [0.4, 0.5) is 17.5 Å². The summed E-state index contributed by atoms with van der Waals surface area (Å²) in [5.41, 5.74) is 9.82. The standard InChI is InChI=1S/C26H19BrN4O/c27-31(20-7-3-1-4-8-20)25-23-17-19(13-16-24(23)29-26(28)30-25)18-11-14-22(15-12-18)32-21-9-5-2-6-10-21/h1-17H,(H2,28,29,30). The van der Waals surface area contributed by atoms with E-state index in [1.165, 1.54) is 0 Å². The Morgan fingerprint density at radius 1 is 0.688 bits per heavy atom. The number of rotatable bonds is 5. The van der Waals surface area contributed by atoms with Gasteiger partial charge >= 0.3 is 0 Å². The smallest absolute Gasteiger partial charge is 0.222 e. The van der Waals surface area contributed by atoms with E-state index >= 15 is 0 Å². The number of fused-ring (bicyclic) bond motifs is 1. The van der Waals surface area contributed by atoms with Gasteiger partial charge in [0.1, 0.15) is 11.5 Å². The van der Waals surface area contributed by atoms with Crippen LogP contribution in [-0.4, -0.2) is 9.97 Å². The molecule has 0 aliphatic heterocycles. The Hall–Kier alpha value is -3.90. The predicted molar refractivity (Wildman–Crippen MR) is 133 cm³/mol. The van der Waals surface area contributed by atoms with Crippen LogP contribution in [0.5, 0.6) is 11.5 Å². The van der Waals surface area contributed by atoms with E-state index in [4.69, 9.17) is 10.5 Å². The lowest BCUT2D eigenvalue weighted by Crippen LogP contribution is -2.07. The predicted octanol–water partition coefficient (Wildman–Crippen LogP) is 7.12. The lowest BCUT2D eigenvalue weighted by molar-refractivity contribution is 0.483. The summed E-state index contributed by atoms with van der Waals surface area (Å²) in [5.74, 6) is 2.50. The van der Waals surface area contributed by atoms with E-state index in [0.717, 1.165) is 39.2 Å². The van der Waals surface area contributed by atoms with Gasteiger partial charge in [-0.25, -0.2) is 4.98 Å². The van der Waals surface area contributed by atoms with Crippen molar-refractivity contribution in [3.05, 3.63) is 103 Å². The second-order valence-corrected chi connectivity index (χ2v) is 7.90. The Morgan fingerprint density at radius 3 is 2.03 bits per heavy atom. The quantitative estimate of drug-likeness (QED) is 0.270. The summed E-state index contributed by atoms with van der Waals surface area (Å²) < 4.78 is 7.75. The van der Waals surface area contributed by atoms with E-state index in [1.54, 1.807) is 0 Å². The van der Waals surface area contributed by atoms with E-state index in [9.17, 15) is 0 Å². The van der Waals surface area contributed by atoms with E-state index in [2.05, 4.69) is 32.2 Å². The Balaban J connectivity index is 1.51. The molecule has 4 aromatic carbocycles. The summed E-state index contributed by atoms with van der Waals surface area (Å²) in [4.78, 5) is 8.91. The van der Waals surface area contributed by atoms with Crippen molar-refractivity contribution in [3.63, 3.8) is 0 Å². The minimum Gasteiger partial charge on any atom is -0.457 e. The molecule has 32 heavy (non-hydrogen) atoms. The largest absolute Gasteiger partial charge is 0.457 e. The van der Waals surface area contributed by atoms with Crippen LogP contribution in [0.3, 0.4) is 0 Å². The average molecular weight is 483 g/mol. The molecule has 1 aromatic heterocycles. The number of hydrogen-bond acceptors (Lipinski definition) is 5. The van der Waals surface area contributed by atoms with E-state index < -0.39 is 0 Å². The molecular weight excluding hydrogens is 464 g/mol. The number of benzene rings is 4. The van der Waals surface area contributed by atoms with Gasteiger partial charge in [-0.3, -0.25) is 3.93 Å². The number of nitrogens with zero attached hydrogens (tertiary/aromatic N) is 3. The number of nitrogens with two attached hydrogens (primary N) is 1. The number of hydrogen-bond donors (Lipinski definition) is 1. The highest BCUT2D eigenvalue weighted by Crippen LogP contribution is 2.35. The number of para-hydroxylation sites is 2. The van der Waals surface area contributed by atoms with Gasteiger partial charge in [0.2, 0.25) is 5.95 Å². The third-order valence-corrected chi connectivity index (χ3v) is 5.77. The maximum Gasteiger partial charge on any atom is 0.222 e. The molecule has 0 atom stereocenters. The normalized spacial score (nSPS) is 10.8.